The van der Waals surface area contributed by atoms with Crippen LogP contribution in [0.1, 0.15) is 47.3 Å². The van der Waals surface area contributed by atoms with Gasteiger partial charge in [0.15, 0.2) is 0 Å². The van der Waals surface area contributed by atoms with Crippen LogP contribution in [0.3, 0.4) is 0 Å². The number of pyridine rings is 2. The molecule has 0 aromatic carbocycles. The summed E-state index contributed by atoms with van der Waals surface area (Å²) in [7, 11) is 0. The summed E-state index contributed by atoms with van der Waals surface area (Å²) in [4.78, 5) is 23.8. The Morgan fingerprint density at radius 1 is 1.09 bits per heavy atom. The molecule has 1 unspecified atom stereocenters. The Balaban J connectivity index is 1.18. The lowest BCUT2D eigenvalue weighted by molar-refractivity contribution is 0.0150. The average molecular weight is 480 g/mol. The quantitative estimate of drug-likeness (QED) is 0.554. The highest BCUT2D eigenvalue weighted by atomic mass is 19.3. The lowest BCUT2D eigenvalue weighted by Gasteiger charge is -2.36. The molecule has 1 amide bonds. The first-order chi connectivity index (χ1) is 17.1. The number of allylic oxidation sites excluding steroid dienone is 1. The fourth-order valence-electron chi connectivity index (χ4n) is 4.54. The van der Waals surface area contributed by atoms with Crippen LogP contribution in [0.4, 0.5) is 14.5 Å². The van der Waals surface area contributed by atoms with Gasteiger partial charge in [-0.15, -0.1) is 0 Å². The zero-order chi connectivity index (χ0) is 24.2. The number of carbonyl (C=O) groups is 1. The van der Waals surface area contributed by atoms with E-state index >= 15 is 0 Å². The van der Waals surface area contributed by atoms with Crippen LogP contribution in [-0.4, -0.2) is 57.7 Å². The number of hydrogen-bond acceptors (Lipinski definition) is 5. The SMILES string of the molecule is O=C(Nc1ccc(C2=CCC(N3CCOCC3)CC2)nc1)c1ccn(-c2ccc(C(F)F)cn2)c1. The van der Waals surface area contributed by atoms with Gasteiger partial charge < -0.3 is 14.6 Å². The van der Waals surface area contributed by atoms with E-state index in [1.165, 1.54) is 17.7 Å². The van der Waals surface area contributed by atoms with Crippen molar-refractivity contribution in [1.82, 2.24) is 19.4 Å². The largest absolute Gasteiger partial charge is 0.379 e. The van der Waals surface area contributed by atoms with Gasteiger partial charge in [-0.25, -0.2) is 13.8 Å². The van der Waals surface area contributed by atoms with Crippen molar-refractivity contribution in [3.05, 3.63) is 78.0 Å². The Morgan fingerprint density at radius 2 is 1.94 bits per heavy atom. The number of rotatable bonds is 6. The summed E-state index contributed by atoms with van der Waals surface area (Å²) >= 11 is 0. The van der Waals surface area contributed by atoms with Crippen LogP contribution in [0.5, 0.6) is 0 Å². The first-order valence-corrected chi connectivity index (χ1v) is 11.8. The fourth-order valence-corrected chi connectivity index (χ4v) is 4.54. The normalized spacial score (nSPS) is 18.9. The maximum atomic E-state index is 12.7. The number of morpholine rings is 1. The Labute approximate surface area is 202 Å². The van der Waals surface area contributed by atoms with Crippen LogP contribution in [0, 0.1) is 0 Å². The maximum Gasteiger partial charge on any atom is 0.265 e. The molecule has 1 saturated heterocycles. The summed E-state index contributed by atoms with van der Waals surface area (Å²) in [6.45, 7) is 3.65. The summed E-state index contributed by atoms with van der Waals surface area (Å²) in [5.74, 6) is 0.170. The van der Waals surface area contributed by atoms with Gasteiger partial charge in [0.25, 0.3) is 12.3 Å². The van der Waals surface area contributed by atoms with Crippen molar-refractivity contribution in [2.75, 3.05) is 31.6 Å². The second kappa shape index (κ2) is 10.5. The summed E-state index contributed by atoms with van der Waals surface area (Å²) < 4.78 is 32.5. The Morgan fingerprint density at radius 3 is 2.60 bits per heavy atom. The molecule has 1 N–H and O–H groups in total. The molecule has 4 heterocycles. The van der Waals surface area contributed by atoms with Crippen LogP contribution in [-0.2, 0) is 4.74 Å². The third-order valence-electron chi connectivity index (χ3n) is 6.54. The van der Waals surface area contributed by atoms with Crippen molar-refractivity contribution >= 4 is 17.2 Å². The molecule has 0 saturated carbocycles. The molecule has 7 nitrogen and oxygen atoms in total. The van der Waals surface area contributed by atoms with E-state index in [-0.39, 0.29) is 11.5 Å². The fraction of sp³-hybridized carbons (Fsp3) is 0.346. The molecular formula is C26H27F2N5O2. The van der Waals surface area contributed by atoms with Crippen LogP contribution >= 0.6 is 0 Å². The minimum Gasteiger partial charge on any atom is -0.379 e. The van der Waals surface area contributed by atoms with Gasteiger partial charge in [-0.1, -0.05) is 6.08 Å². The first-order valence-electron chi connectivity index (χ1n) is 11.8. The monoisotopic (exact) mass is 479 g/mol. The predicted octanol–water partition coefficient (Wildman–Crippen LogP) is 4.73. The summed E-state index contributed by atoms with van der Waals surface area (Å²) in [5, 5.41) is 2.85. The van der Waals surface area contributed by atoms with E-state index in [1.54, 1.807) is 29.2 Å². The van der Waals surface area contributed by atoms with Crippen molar-refractivity contribution < 1.29 is 18.3 Å². The van der Waals surface area contributed by atoms with Crippen LogP contribution in [0.15, 0.2) is 61.2 Å². The van der Waals surface area contributed by atoms with Crippen LogP contribution < -0.4 is 5.32 Å². The molecule has 0 radical (unpaired) electrons. The lowest BCUT2D eigenvalue weighted by Crippen LogP contribution is -2.43. The second-order valence-corrected chi connectivity index (χ2v) is 8.75. The van der Waals surface area contributed by atoms with Crippen molar-refractivity contribution in [3.8, 4) is 5.82 Å². The number of anilines is 1. The van der Waals surface area contributed by atoms with E-state index in [4.69, 9.17) is 4.74 Å². The van der Waals surface area contributed by atoms with E-state index in [0.717, 1.165) is 57.5 Å². The molecule has 1 aliphatic heterocycles. The van der Waals surface area contributed by atoms with E-state index in [2.05, 4.69) is 26.3 Å². The molecule has 9 heteroatoms. The topological polar surface area (TPSA) is 72.3 Å². The molecule has 1 aliphatic carbocycles. The molecule has 1 atom stereocenters. The summed E-state index contributed by atoms with van der Waals surface area (Å²) in [6, 6.07) is 8.84. The average Bonchev–Trinajstić information content (AvgIpc) is 3.41. The summed E-state index contributed by atoms with van der Waals surface area (Å²) in [5.41, 5.74) is 3.07. The third-order valence-corrected chi connectivity index (χ3v) is 6.54. The molecule has 0 bridgehead atoms. The number of carbonyl (C=O) groups excluding carboxylic acids is 1. The van der Waals surface area contributed by atoms with E-state index in [0.29, 0.717) is 23.1 Å². The van der Waals surface area contributed by atoms with Crippen molar-refractivity contribution in [1.29, 1.82) is 0 Å². The van der Waals surface area contributed by atoms with Gasteiger partial charge in [0, 0.05) is 43.3 Å². The van der Waals surface area contributed by atoms with Gasteiger partial charge in [-0.3, -0.25) is 14.7 Å². The highest BCUT2D eigenvalue weighted by Gasteiger charge is 2.23. The third kappa shape index (κ3) is 5.47. The molecule has 0 spiro atoms. The van der Waals surface area contributed by atoms with E-state index < -0.39 is 6.43 Å². The number of amides is 1. The maximum absolute atomic E-state index is 12.7. The number of aromatic nitrogens is 3. The molecule has 2 aliphatic rings. The smallest absolute Gasteiger partial charge is 0.265 e. The van der Waals surface area contributed by atoms with Crippen LogP contribution in [0.25, 0.3) is 11.4 Å². The molecule has 35 heavy (non-hydrogen) atoms. The minimum absolute atomic E-state index is 0.143. The van der Waals surface area contributed by atoms with Crippen LogP contribution in [0.2, 0.25) is 0 Å². The molecule has 3 aromatic rings. The zero-order valence-electron chi connectivity index (χ0n) is 19.2. The molecule has 1 fully saturated rings. The molecule has 3 aromatic heterocycles. The number of halogens is 2. The number of ether oxygens (including phenoxy) is 1. The predicted molar refractivity (Wildman–Crippen MR) is 129 cm³/mol. The van der Waals surface area contributed by atoms with Crippen molar-refractivity contribution in [3.63, 3.8) is 0 Å². The number of nitrogens with zero attached hydrogens (tertiary/aromatic N) is 4. The van der Waals surface area contributed by atoms with Gasteiger partial charge in [0.2, 0.25) is 0 Å². The second-order valence-electron chi connectivity index (χ2n) is 8.75. The van der Waals surface area contributed by atoms with Gasteiger partial charge in [-0.2, -0.15) is 0 Å². The number of hydrogen-bond donors (Lipinski definition) is 1. The molecule has 182 valence electrons. The van der Waals surface area contributed by atoms with Gasteiger partial charge >= 0.3 is 0 Å². The van der Waals surface area contributed by atoms with Gasteiger partial charge in [0.05, 0.1) is 36.4 Å². The Kier molecular flexibility index (Phi) is 6.96. The number of alkyl halides is 2. The Hall–Kier alpha value is -3.43. The standard InChI is InChI=1S/C26H27F2N5O2/c27-25(28)19-3-8-24(30-15-19)33-10-9-20(17-33)26(34)31-21-4-7-23(29-16-21)18-1-5-22(6-2-18)32-11-13-35-14-12-32/h1,3-4,7-10,15-17,22,25H,2,5-6,11-14H2,(H,31,34). The van der Waals surface area contributed by atoms with Gasteiger partial charge in [-0.05, 0) is 55.2 Å². The van der Waals surface area contributed by atoms with E-state index in [1.807, 2.05) is 12.1 Å². The first kappa shape index (κ1) is 23.3. The van der Waals surface area contributed by atoms with Crippen molar-refractivity contribution in [2.45, 2.75) is 31.7 Å². The Bertz CT molecular complexity index is 1190. The summed E-state index contributed by atoms with van der Waals surface area (Å²) in [6.07, 6.45) is 8.93. The van der Waals surface area contributed by atoms with E-state index in [9.17, 15) is 13.6 Å². The molecule has 5 rings (SSSR count). The number of nitrogens with one attached hydrogen (secondary N) is 1. The van der Waals surface area contributed by atoms with Gasteiger partial charge in [0.1, 0.15) is 5.82 Å². The molecular weight excluding hydrogens is 452 g/mol. The minimum atomic E-state index is -2.57. The highest BCUT2D eigenvalue weighted by molar-refractivity contribution is 6.04. The highest BCUT2D eigenvalue weighted by Crippen LogP contribution is 2.29. The zero-order valence-corrected chi connectivity index (χ0v) is 19.2. The van der Waals surface area contributed by atoms with Crippen molar-refractivity contribution in [2.24, 2.45) is 0 Å². The lowest BCUT2D eigenvalue weighted by atomic mass is 9.92.